The second kappa shape index (κ2) is 4.70. The van der Waals surface area contributed by atoms with Crippen molar-refractivity contribution in [1.29, 1.82) is 0 Å². The Kier molecular flexibility index (Phi) is 3.37. The molecule has 1 spiro atoms. The molecule has 0 radical (unpaired) electrons. The maximum absolute atomic E-state index is 12.8. The van der Waals surface area contributed by atoms with Crippen LogP contribution in [0.4, 0.5) is 0 Å². The quantitative estimate of drug-likeness (QED) is 0.862. The van der Waals surface area contributed by atoms with Crippen LogP contribution < -0.4 is 5.32 Å². The Morgan fingerprint density at radius 2 is 2.10 bits per heavy atom. The average molecular weight is 280 g/mol. The third-order valence-electron chi connectivity index (χ3n) is 4.93. The molecule has 20 heavy (non-hydrogen) atoms. The molecular formula is C16H28N2O2. The smallest absolute Gasteiger partial charge is 0.244 e. The highest BCUT2D eigenvalue weighted by molar-refractivity contribution is 5.92. The van der Waals surface area contributed by atoms with Gasteiger partial charge in [-0.15, -0.1) is 0 Å². The van der Waals surface area contributed by atoms with Gasteiger partial charge in [0.05, 0.1) is 17.3 Å². The van der Waals surface area contributed by atoms with Crippen molar-refractivity contribution >= 4 is 5.91 Å². The molecular weight excluding hydrogens is 252 g/mol. The summed E-state index contributed by atoms with van der Waals surface area (Å²) in [7, 11) is 0. The van der Waals surface area contributed by atoms with E-state index in [-0.39, 0.29) is 17.3 Å². The molecule has 2 aliphatic heterocycles. The van der Waals surface area contributed by atoms with E-state index in [9.17, 15) is 4.79 Å². The third kappa shape index (κ3) is 2.48. The zero-order valence-electron chi connectivity index (χ0n) is 13.2. The van der Waals surface area contributed by atoms with Crippen molar-refractivity contribution in [2.24, 2.45) is 5.92 Å². The first-order chi connectivity index (χ1) is 9.33. The molecule has 3 rings (SSSR count). The molecule has 1 saturated carbocycles. The maximum atomic E-state index is 12.8. The highest BCUT2D eigenvalue weighted by Crippen LogP contribution is 2.45. The van der Waals surface area contributed by atoms with Crippen molar-refractivity contribution in [3.8, 4) is 0 Å². The van der Waals surface area contributed by atoms with Crippen molar-refractivity contribution in [1.82, 2.24) is 10.2 Å². The standard InChI is InChI=1S/C16H28N2O2/c1-11(2)9-13-17-16(6-7-16)14(19)18(13)12-5-8-20-15(3,4)10-12/h11-13,17H,5-10H2,1-4H3. The van der Waals surface area contributed by atoms with Gasteiger partial charge in [0.25, 0.3) is 0 Å². The van der Waals surface area contributed by atoms with Gasteiger partial charge in [-0.05, 0) is 51.9 Å². The highest BCUT2D eigenvalue weighted by Gasteiger charge is 2.60. The van der Waals surface area contributed by atoms with Crippen LogP contribution in [0.5, 0.6) is 0 Å². The maximum Gasteiger partial charge on any atom is 0.244 e. The number of ether oxygens (including phenoxy) is 1. The summed E-state index contributed by atoms with van der Waals surface area (Å²) in [6, 6.07) is 0.336. The summed E-state index contributed by atoms with van der Waals surface area (Å²) in [6.07, 6.45) is 5.23. The Morgan fingerprint density at radius 3 is 2.65 bits per heavy atom. The van der Waals surface area contributed by atoms with E-state index in [1.165, 1.54) is 0 Å². The Morgan fingerprint density at radius 1 is 1.40 bits per heavy atom. The van der Waals surface area contributed by atoms with E-state index in [0.717, 1.165) is 38.7 Å². The summed E-state index contributed by atoms with van der Waals surface area (Å²) in [5, 5.41) is 3.63. The van der Waals surface area contributed by atoms with Gasteiger partial charge in [0.2, 0.25) is 5.91 Å². The second-order valence-electron chi connectivity index (χ2n) is 7.84. The molecule has 3 fully saturated rings. The first-order valence-corrected chi connectivity index (χ1v) is 8.07. The fraction of sp³-hybridized carbons (Fsp3) is 0.938. The molecule has 1 N–H and O–H groups in total. The Labute approximate surface area is 122 Å². The zero-order chi connectivity index (χ0) is 14.5. The van der Waals surface area contributed by atoms with Gasteiger partial charge in [0.15, 0.2) is 0 Å². The molecule has 2 heterocycles. The van der Waals surface area contributed by atoms with Gasteiger partial charge in [-0.1, -0.05) is 13.8 Å². The molecule has 0 aromatic heterocycles. The molecule has 0 aromatic carbocycles. The van der Waals surface area contributed by atoms with Crippen LogP contribution in [0.1, 0.15) is 59.8 Å². The summed E-state index contributed by atoms with van der Waals surface area (Å²) < 4.78 is 5.82. The fourth-order valence-corrected chi connectivity index (χ4v) is 3.80. The summed E-state index contributed by atoms with van der Waals surface area (Å²) >= 11 is 0. The Balaban J connectivity index is 1.79. The lowest BCUT2D eigenvalue weighted by molar-refractivity contribution is -0.140. The number of rotatable bonds is 3. The highest BCUT2D eigenvalue weighted by atomic mass is 16.5. The van der Waals surface area contributed by atoms with E-state index in [2.05, 4.69) is 37.9 Å². The Hall–Kier alpha value is -0.610. The van der Waals surface area contributed by atoms with Crippen LogP contribution in [-0.4, -0.2) is 40.8 Å². The van der Waals surface area contributed by atoms with Crippen molar-refractivity contribution in [2.45, 2.75) is 83.1 Å². The Bertz CT molecular complexity index is 401. The van der Waals surface area contributed by atoms with E-state index in [4.69, 9.17) is 4.74 Å². The van der Waals surface area contributed by atoms with E-state index in [1.54, 1.807) is 0 Å². The van der Waals surface area contributed by atoms with Gasteiger partial charge >= 0.3 is 0 Å². The molecule has 114 valence electrons. The normalized spacial score (nSPS) is 35.0. The van der Waals surface area contributed by atoms with E-state index >= 15 is 0 Å². The number of nitrogens with one attached hydrogen (secondary N) is 1. The van der Waals surface area contributed by atoms with Gasteiger partial charge in [-0.2, -0.15) is 0 Å². The monoisotopic (exact) mass is 280 g/mol. The van der Waals surface area contributed by atoms with Crippen LogP contribution in [0.25, 0.3) is 0 Å². The van der Waals surface area contributed by atoms with Crippen LogP contribution in [0.3, 0.4) is 0 Å². The van der Waals surface area contributed by atoms with E-state index in [0.29, 0.717) is 17.9 Å². The van der Waals surface area contributed by atoms with E-state index in [1.807, 2.05) is 0 Å². The van der Waals surface area contributed by atoms with Gasteiger partial charge in [-0.25, -0.2) is 0 Å². The summed E-state index contributed by atoms with van der Waals surface area (Å²) in [5.41, 5.74) is -0.299. The number of hydrogen-bond donors (Lipinski definition) is 1. The predicted molar refractivity (Wildman–Crippen MR) is 78.2 cm³/mol. The first-order valence-electron chi connectivity index (χ1n) is 8.07. The lowest BCUT2D eigenvalue weighted by atomic mass is 9.92. The fourth-order valence-electron chi connectivity index (χ4n) is 3.80. The van der Waals surface area contributed by atoms with Gasteiger partial charge in [-0.3, -0.25) is 10.1 Å². The van der Waals surface area contributed by atoms with Crippen LogP contribution in [0, 0.1) is 5.92 Å². The summed E-state index contributed by atoms with van der Waals surface area (Å²) in [5.74, 6) is 0.954. The molecule has 4 nitrogen and oxygen atoms in total. The molecule has 0 aromatic rings. The lowest BCUT2D eigenvalue weighted by Gasteiger charge is -2.42. The third-order valence-corrected chi connectivity index (χ3v) is 4.93. The molecule has 2 unspecified atom stereocenters. The molecule has 1 amide bonds. The minimum atomic E-state index is -0.192. The first kappa shape index (κ1) is 14.3. The number of amides is 1. The summed E-state index contributed by atoms with van der Waals surface area (Å²) in [6.45, 7) is 9.50. The van der Waals surface area contributed by atoms with Crippen molar-refractivity contribution in [3.63, 3.8) is 0 Å². The molecule has 1 aliphatic carbocycles. The number of carbonyl (C=O) groups excluding carboxylic acids is 1. The largest absolute Gasteiger partial charge is 0.375 e. The van der Waals surface area contributed by atoms with E-state index < -0.39 is 0 Å². The van der Waals surface area contributed by atoms with Crippen molar-refractivity contribution in [3.05, 3.63) is 0 Å². The van der Waals surface area contributed by atoms with Crippen molar-refractivity contribution in [2.75, 3.05) is 6.61 Å². The van der Waals surface area contributed by atoms with Crippen LogP contribution in [-0.2, 0) is 9.53 Å². The van der Waals surface area contributed by atoms with Crippen LogP contribution in [0.2, 0.25) is 0 Å². The van der Waals surface area contributed by atoms with Gasteiger partial charge in [0, 0.05) is 12.6 Å². The topological polar surface area (TPSA) is 41.6 Å². The van der Waals surface area contributed by atoms with Crippen molar-refractivity contribution < 1.29 is 9.53 Å². The lowest BCUT2D eigenvalue weighted by Crippen LogP contribution is -2.51. The summed E-state index contributed by atoms with van der Waals surface area (Å²) in [4.78, 5) is 15.0. The molecule has 2 atom stereocenters. The average Bonchev–Trinajstić information content (AvgIpc) is 3.02. The second-order valence-corrected chi connectivity index (χ2v) is 7.84. The zero-order valence-corrected chi connectivity index (χ0v) is 13.2. The number of carbonyl (C=O) groups is 1. The SMILES string of the molecule is CC(C)CC1NC2(CC2)C(=O)N1C1CCOC(C)(C)C1. The molecule has 4 heteroatoms. The van der Waals surface area contributed by atoms with Gasteiger partial charge in [0.1, 0.15) is 0 Å². The molecule has 0 bridgehead atoms. The van der Waals surface area contributed by atoms with Crippen LogP contribution in [0.15, 0.2) is 0 Å². The molecule has 3 aliphatic rings. The van der Waals surface area contributed by atoms with Gasteiger partial charge < -0.3 is 9.64 Å². The minimum Gasteiger partial charge on any atom is -0.375 e. The number of nitrogens with zero attached hydrogens (tertiary/aromatic N) is 1. The minimum absolute atomic E-state index is 0.106. The molecule has 2 saturated heterocycles. The number of hydrogen-bond acceptors (Lipinski definition) is 3. The predicted octanol–water partition coefficient (Wildman–Crippen LogP) is 2.28. The van der Waals surface area contributed by atoms with Crippen LogP contribution >= 0.6 is 0 Å².